The molecule has 0 bridgehead atoms. The first-order valence-corrected chi connectivity index (χ1v) is 9.42. The zero-order valence-electron chi connectivity index (χ0n) is 15.3. The molecule has 138 valence electrons. The van der Waals surface area contributed by atoms with Gasteiger partial charge in [0.2, 0.25) is 0 Å². The lowest BCUT2D eigenvalue weighted by Gasteiger charge is -2.22. The summed E-state index contributed by atoms with van der Waals surface area (Å²) in [6.07, 6.45) is 2.79. The number of carbonyl (C=O) groups excluding carboxylic acids is 1. The summed E-state index contributed by atoms with van der Waals surface area (Å²) in [5.41, 5.74) is 8.09. The molecule has 2 saturated heterocycles. The van der Waals surface area contributed by atoms with Gasteiger partial charge >= 0.3 is 0 Å². The molecular weight excluding hydrogens is 326 g/mol. The Labute approximate surface area is 154 Å². The molecule has 1 aromatic heterocycles. The zero-order chi connectivity index (χ0) is 18.1. The van der Waals surface area contributed by atoms with Crippen LogP contribution in [-0.4, -0.2) is 58.2 Å². The van der Waals surface area contributed by atoms with E-state index >= 15 is 0 Å². The van der Waals surface area contributed by atoms with Crippen LogP contribution in [0.15, 0.2) is 42.6 Å². The van der Waals surface area contributed by atoms with Gasteiger partial charge in [-0.15, -0.1) is 0 Å². The molecule has 2 aliphatic heterocycles. The molecule has 0 aliphatic carbocycles. The fraction of sp³-hybridized carbons (Fsp3) is 0.500. The predicted octanol–water partition coefficient (Wildman–Crippen LogP) is 1.51. The van der Waals surface area contributed by atoms with E-state index in [0.717, 1.165) is 39.1 Å². The Kier molecular flexibility index (Phi) is 4.78. The van der Waals surface area contributed by atoms with Crippen molar-refractivity contribution in [2.24, 2.45) is 24.6 Å². The molecule has 4 rings (SSSR count). The number of likely N-dealkylation sites (tertiary alicyclic amines) is 2. The van der Waals surface area contributed by atoms with Gasteiger partial charge in [0.25, 0.3) is 5.91 Å². The number of fused-ring (bicyclic) bond motifs is 1. The highest BCUT2D eigenvalue weighted by atomic mass is 16.2. The molecular formula is C20H27N5O. The molecule has 1 aromatic carbocycles. The Balaban J connectivity index is 1.26. The molecule has 0 saturated carbocycles. The summed E-state index contributed by atoms with van der Waals surface area (Å²) in [7, 11) is 1.84. The summed E-state index contributed by atoms with van der Waals surface area (Å²) in [4.78, 5) is 17.1. The second-order valence-electron chi connectivity index (χ2n) is 7.67. The van der Waals surface area contributed by atoms with Gasteiger partial charge in [-0.25, -0.2) is 0 Å². The van der Waals surface area contributed by atoms with Crippen molar-refractivity contribution in [1.82, 2.24) is 19.6 Å². The van der Waals surface area contributed by atoms with Gasteiger partial charge in [0.15, 0.2) is 0 Å². The first-order chi connectivity index (χ1) is 12.6. The van der Waals surface area contributed by atoms with Crippen LogP contribution in [0, 0.1) is 11.8 Å². The van der Waals surface area contributed by atoms with Gasteiger partial charge in [0.05, 0.1) is 0 Å². The van der Waals surface area contributed by atoms with Crippen molar-refractivity contribution in [2.45, 2.75) is 12.5 Å². The third kappa shape index (κ3) is 3.52. The van der Waals surface area contributed by atoms with Gasteiger partial charge in [0.1, 0.15) is 5.69 Å². The predicted molar refractivity (Wildman–Crippen MR) is 101 cm³/mol. The van der Waals surface area contributed by atoms with Crippen molar-refractivity contribution in [3.05, 3.63) is 53.9 Å². The number of aryl methyl sites for hydroxylation is 1. The minimum absolute atomic E-state index is 0.0673. The molecule has 0 radical (unpaired) electrons. The lowest BCUT2D eigenvalue weighted by Crippen LogP contribution is -2.34. The van der Waals surface area contributed by atoms with Crippen molar-refractivity contribution in [1.29, 1.82) is 0 Å². The minimum Gasteiger partial charge on any atom is -0.337 e. The average Bonchev–Trinajstić information content (AvgIpc) is 3.34. The quantitative estimate of drug-likeness (QED) is 0.885. The first-order valence-electron chi connectivity index (χ1n) is 9.42. The third-order valence-electron chi connectivity index (χ3n) is 5.77. The normalized spacial score (nSPS) is 24.0. The first kappa shape index (κ1) is 17.2. The summed E-state index contributed by atoms with van der Waals surface area (Å²) in [5, 5.41) is 4.24. The lowest BCUT2D eigenvalue weighted by atomic mass is 10.0. The summed E-state index contributed by atoms with van der Waals surface area (Å²) in [5.74, 6) is 1.23. The second-order valence-corrected chi connectivity index (χ2v) is 7.67. The van der Waals surface area contributed by atoms with Crippen molar-refractivity contribution in [3.8, 4) is 0 Å². The number of nitrogens with two attached hydrogens (primary N) is 1. The number of rotatable bonds is 5. The Hall–Kier alpha value is -2.18. The standard InChI is InChI=1S/C20H27N5O/c1-23-9-8-19(22-23)20(26)25-13-16-11-24(12-17(16)14-25)10-7-18(21)15-5-3-2-4-6-15/h2-6,8-9,16-18H,7,10-14,21H2,1H3/t16?,17?,18-/m0/s1. The zero-order valence-corrected chi connectivity index (χ0v) is 15.3. The van der Waals surface area contributed by atoms with Crippen LogP contribution >= 0.6 is 0 Å². The Bertz CT molecular complexity index is 745. The molecule has 2 fully saturated rings. The van der Waals surface area contributed by atoms with E-state index in [1.165, 1.54) is 5.56 Å². The van der Waals surface area contributed by atoms with Crippen LogP contribution < -0.4 is 5.73 Å². The maximum Gasteiger partial charge on any atom is 0.274 e. The number of benzene rings is 1. The largest absolute Gasteiger partial charge is 0.337 e. The number of hydrogen-bond acceptors (Lipinski definition) is 4. The van der Waals surface area contributed by atoms with Gasteiger partial charge in [0, 0.05) is 45.5 Å². The molecule has 3 heterocycles. The molecule has 2 aromatic rings. The van der Waals surface area contributed by atoms with E-state index < -0.39 is 0 Å². The SMILES string of the molecule is Cn1ccc(C(=O)N2CC3CN(CC[C@H](N)c4ccccc4)CC3C2)n1. The van der Waals surface area contributed by atoms with Crippen LogP contribution in [-0.2, 0) is 7.05 Å². The summed E-state index contributed by atoms with van der Waals surface area (Å²) in [6.45, 7) is 4.86. The van der Waals surface area contributed by atoms with E-state index in [1.54, 1.807) is 10.7 Å². The van der Waals surface area contributed by atoms with Crippen LogP contribution in [0.25, 0.3) is 0 Å². The van der Waals surface area contributed by atoms with Gasteiger partial charge in [-0.05, 0) is 36.4 Å². The highest BCUT2D eigenvalue weighted by Gasteiger charge is 2.41. The second kappa shape index (κ2) is 7.21. The van der Waals surface area contributed by atoms with Crippen LogP contribution in [0.4, 0.5) is 0 Å². The monoisotopic (exact) mass is 353 g/mol. The molecule has 2 aliphatic rings. The molecule has 2 unspecified atom stereocenters. The maximum atomic E-state index is 12.6. The smallest absolute Gasteiger partial charge is 0.274 e. The van der Waals surface area contributed by atoms with E-state index in [0.29, 0.717) is 17.5 Å². The highest BCUT2D eigenvalue weighted by Crippen LogP contribution is 2.32. The number of amides is 1. The van der Waals surface area contributed by atoms with Crippen molar-refractivity contribution in [2.75, 3.05) is 32.7 Å². The number of carbonyl (C=O) groups is 1. The highest BCUT2D eigenvalue weighted by molar-refractivity contribution is 5.92. The van der Waals surface area contributed by atoms with E-state index in [9.17, 15) is 4.79 Å². The fourth-order valence-electron chi connectivity index (χ4n) is 4.32. The van der Waals surface area contributed by atoms with E-state index in [2.05, 4.69) is 22.1 Å². The molecule has 6 nitrogen and oxygen atoms in total. The third-order valence-corrected chi connectivity index (χ3v) is 5.77. The van der Waals surface area contributed by atoms with Gasteiger partial charge in [-0.2, -0.15) is 5.10 Å². The lowest BCUT2D eigenvalue weighted by molar-refractivity contribution is 0.0767. The molecule has 2 N–H and O–H groups in total. The van der Waals surface area contributed by atoms with Crippen molar-refractivity contribution in [3.63, 3.8) is 0 Å². The van der Waals surface area contributed by atoms with Gasteiger partial charge in [-0.3, -0.25) is 9.48 Å². The van der Waals surface area contributed by atoms with Gasteiger partial charge < -0.3 is 15.5 Å². The Morgan fingerprint density at radius 3 is 2.46 bits per heavy atom. The summed E-state index contributed by atoms with van der Waals surface area (Å²) < 4.78 is 1.68. The van der Waals surface area contributed by atoms with Crippen LogP contribution in [0.1, 0.15) is 28.5 Å². The minimum atomic E-state index is 0.0673. The van der Waals surface area contributed by atoms with E-state index in [1.807, 2.05) is 36.3 Å². The Morgan fingerprint density at radius 1 is 1.15 bits per heavy atom. The molecule has 0 spiro atoms. The molecule has 1 amide bonds. The fourth-order valence-corrected chi connectivity index (χ4v) is 4.32. The van der Waals surface area contributed by atoms with Crippen molar-refractivity contribution >= 4 is 5.91 Å². The van der Waals surface area contributed by atoms with E-state index in [-0.39, 0.29) is 11.9 Å². The average molecular weight is 353 g/mol. The molecule has 6 heteroatoms. The van der Waals surface area contributed by atoms with Gasteiger partial charge in [-0.1, -0.05) is 30.3 Å². The van der Waals surface area contributed by atoms with Crippen LogP contribution in [0.5, 0.6) is 0 Å². The Morgan fingerprint density at radius 2 is 1.85 bits per heavy atom. The molecule has 26 heavy (non-hydrogen) atoms. The number of hydrogen-bond donors (Lipinski definition) is 1. The van der Waals surface area contributed by atoms with Crippen molar-refractivity contribution < 1.29 is 4.79 Å². The van der Waals surface area contributed by atoms with Crippen LogP contribution in [0.3, 0.4) is 0 Å². The molecule has 3 atom stereocenters. The summed E-state index contributed by atoms with van der Waals surface area (Å²) in [6, 6.07) is 12.2. The van der Waals surface area contributed by atoms with E-state index in [4.69, 9.17) is 5.73 Å². The topological polar surface area (TPSA) is 67.4 Å². The number of nitrogens with zero attached hydrogens (tertiary/aromatic N) is 4. The van der Waals surface area contributed by atoms with Crippen LogP contribution in [0.2, 0.25) is 0 Å². The maximum absolute atomic E-state index is 12.6. The summed E-state index contributed by atoms with van der Waals surface area (Å²) >= 11 is 0. The number of aromatic nitrogens is 2.